The van der Waals surface area contributed by atoms with Gasteiger partial charge in [0.15, 0.2) is 0 Å². The van der Waals surface area contributed by atoms with E-state index in [1.807, 2.05) is 30.3 Å². The van der Waals surface area contributed by atoms with Gasteiger partial charge in [0, 0.05) is 5.56 Å². The number of carbonyl (C=O) groups excluding carboxylic acids is 1. The zero-order valence-corrected chi connectivity index (χ0v) is 13.7. The van der Waals surface area contributed by atoms with Crippen LogP contribution in [-0.2, 0) is 6.42 Å². The Bertz CT molecular complexity index is 779. The highest BCUT2D eigenvalue weighted by Crippen LogP contribution is 2.23. The van der Waals surface area contributed by atoms with Crippen LogP contribution in [0.5, 0.6) is 0 Å². The van der Waals surface area contributed by atoms with E-state index < -0.39 is 6.03 Å². The Morgan fingerprint density at radius 1 is 1.08 bits per heavy atom. The smallest absolute Gasteiger partial charge is 0.243 e. The second-order valence-corrected chi connectivity index (χ2v) is 5.60. The van der Waals surface area contributed by atoms with Crippen LogP contribution in [0.15, 0.2) is 42.7 Å². The van der Waals surface area contributed by atoms with Crippen molar-refractivity contribution >= 4 is 6.03 Å². The molecule has 7 nitrogen and oxygen atoms in total. The van der Waals surface area contributed by atoms with Crippen molar-refractivity contribution in [3.8, 4) is 11.3 Å². The minimum Gasteiger partial charge on any atom is -0.243 e. The lowest BCUT2D eigenvalue weighted by molar-refractivity contribution is 0.237. The average molecular weight is 324 g/mol. The summed E-state index contributed by atoms with van der Waals surface area (Å²) in [5, 5.41) is 15.8. The van der Waals surface area contributed by atoms with E-state index in [2.05, 4.69) is 27.5 Å². The molecule has 0 amide bonds. The van der Waals surface area contributed by atoms with E-state index in [1.54, 1.807) is 0 Å². The molecule has 0 aliphatic rings. The zero-order chi connectivity index (χ0) is 16.8. The number of nitrogens with zero attached hydrogens (tertiary/aromatic N) is 6. The molecular weight excluding hydrogens is 304 g/mol. The molecule has 0 unspecified atom stereocenters. The molecule has 0 saturated heterocycles. The maximum atomic E-state index is 12.6. The van der Waals surface area contributed by atoms with Gasteiger partial charge in [-0.1, -0.05) is 66.9 Å². The van der Waals surface area contributed by atoms with E-state index in [0.29, 0.717) is 0 Å². The third kappa shape index (κ3) is 3.40. The first kappa shape index (κ1) is 16.0. The number of hydrogen-bond donors (Lipinski definition) is 0. The third-order valence-electron chi connectivity index (χ3n) is 3.85. The summed E-state index contributed by atoms with van der Waals surface area (Å²) in [6, 6.07) is 9.34. The van der Waals surface area contributed by atoms with E-state index in [4.69, 9.17) is 0 Å². The molecule has 0 saturated carbocycles. The maximum Gasteiger partial charge on any atom is 0.372 e. The summed E-state index contributed by atoms with van der Waals surface area (Å²) in [6.45, 7) is 2.18. The number of rotatable bonds is 6. The Hall–Kier alpha value is -2.83. The fourth-order valence-corrected chi connectivity index (χ4v) is 2.63. The largest absolute Gasteiger partial charge is 0.372 e. The van der Waals surface area contributed by atoms with Crippen LogP contribution >= 0.6 is 0 Å². The number of unbranched alkanes of at least 4 members (excludes halogenated alkanes) is 3. The number of aryl methyl sites for hydroxylation is 1. The molecule has 2 heterocycles. The van der Waals surface area contributed by atoms with Crippen molar-refractivity contribution in [1.29, 1.82) is 0 Å². The van der Waals surface area contributed by atoms with Gasteiger partial charge in [0.05, 0.1) is 18.1 Å². The quantitative estimate of drug-likeness (QED) is 0.651. The fraction of sp³-hybridized carbons (Fsp3) is 0.353. The second kappa shape index (κ2) is 7.63. The normalized spacial score (nSPS) is 10.9. The molecule has 2 aromatic heterocycles. The minimum absolute atomic E-state index is 0.390. The summed E-state index contributed by atoms with van der Waals surface area (Å²) >= 11 is 0. The summed E-state index contributed by atoms with van der Waals surface area (Å²) in [6.07, 6.45) is 8.32. The van der Waals surface area contributed by atoms with Crippen LogP contribution in [0.4, 0.5) is 4.79 Å². The van der Waals surface area contributed by atoms with Gasteiger partial charge in [-0.05, 0) is 12.8 Å². The summed E-state index contributed by atoms with van der Waals surface area (Å²) < 4.78 is 2.46. The topological polar surface area (TPSA) is 78.5 Å². The van der Waals surface area contributed by atoms with E-state index in [9.17, 15) is 4.79 Å². The lowest BCUT2D eigenvalue weighted by Gasteiger charge is -2.07. The zero-order valence-electron chi connectivity index (χ0n) is 13.7. The van der Waals surface area contributed by atoms with Crippen molar-refractivity contribution in [2.24, 2.45) is 0 Å². The van der Waals surface area contributed by atoms with E-state index in [0.717, 1.165) is 40.9 Å². The van der Waals surface area contributed by atoms with Gasteiger partial charge >= 0.3 is 6.03 Å². The molecule has 0 radical (unpaired) electrons. The molecule has 3 aromatic rings. The third-order valence-corrected chi connectivity index (χ3v) is 3.85. The van der Waals surface area contributed by atoms with Crippen molar-refractivity contribution in [3.63, 3.8) is 0 Å². The number of carbonyl (C=O) groups is 1. The summed E-state index contributed by atoms with van der Waals surface area (Å²) in [4.78, 5) is 12.6. The molecule has 1 aromatic carbocycles. The van der Waals surface area contributed by atoms with Gasteiger partial charge in [-0.25, -0.2) is 4.79 Å². The summed E-state index contributed by atoms with van der Waals surface area (Å²) in [5.74, 6) is 0. The number of hydrogen-bond acceptors (Lipinski definition) is 5. The molecular formula is C17H20N6O. The Balaban J connectivity index is 1.94. The van der Waals surface area contributed by atoms with Crippen LogP contribution in [0.1, 0.15) is 38.3 Å². The Morgan fingerprint density at radius 2 is 1.92 bits per heavy atom. The van der Waals surface area contributed by atoms with Crippen molar-refractivity contribution < 1.29 is 4.79 Å². The lowest BCUT2D eigenvalue weighted by atomic mass is 10.1. The van der Waals surface area contributed by atoms with E-state index >= 15 is 0 Å². The fourth-order valence-electron chi connectivity index (χ4n) is 2.63. The van der Waals surface area contributed by atoms with Gasteiger partial charge in [0.2, 0.25) is 0 Å². The second-order valence-electron chi connectivity index (χ2n) is 5.60. The van der Waals surface area contributed by atoms with Crippen LogP contribution in [0.3, 0.4) is 0 Å². The Kier molecular flexibility index (Phi) is 5.10. The molecule has 7 heteroatoms. The molecule has 0 aliphatic heterocycles. The van der Waals surface area contributed by atoms with E-state index in [-0.39, 0.29) is 0 Å². The summed E-state index contributed by atoms with van der Waals surface area (Å²) in [7, 11) is 0. The van der Waals surface area contributed by atoms with Gasteiger partial charge < -0.3 is 0 Å². The molecule has 0 aliphatic carbocycles. The minimum atomic E-state index is -0.390. The molecule has 3 rings (SSSR count). The van der Waals surface area contributed by atoms with Gasteiger partial charge in [-0.2, -0.15) is 9.36 Å². The Labute approximate surface area is 140 Å². The molecule has 0 bridgehead atoms. The monoisotopic (exact) mass is 324 g/mol. The highest BCUT2D eigenvalue weighted by Gasteiger charge is 2.21. The molecule has 124 valence electrons. The summed E-state index contributed by atoms with van der Waals surface area (Å²) in [5.41, 5.74) is 2.49. The first-order valence-corrected chi connectivity index (χ1v) is 8.22. The van der Waals surface area contributed by atoms with Gasteiger partial charge in [0.1, 0.15) is 5.69 Å². The van der Waals surface area contributed by atoms with Gasteiger partial charge in [-0.3, -0.25) is 0 Å². The molecule has 0 atom stereocenters. The van der Waals surface area contributed by atoms with Crippen LogP contribution in [0.25, 0.3) is 11.3 Å². The highest BCUT2D eigenvalue weighted by molar-refractivity contribution is 5.83. The van der Waals surface area contributed by atoms with Crippen molar-refractivity contribution in [2.45, 2.75) is 39.0 Å². The Morgan fingerprint density at radius 3 is 2.62 bits per heavy atom. The van der Waals surface area contributed by atoms with Crippen LogP contribution < -0.4 is 0 Å². The van der Waals surface area contributed by atoms with Crippen LogP contribution in [-0.4, -0.2) is 36.0 Å². The number of benzene rings is 1. The predicted molar refractivity (Wildman–Crippen MR) is 89.5 cm³/mol. The predicted octanol–water partition coefficient (Wildman–Crippen LogP) is 3.18. The van der Waals surface area contributed by atoms with Crippen LogP contribution in [0, 0.1) is 0 Å². The van der Waals surface area contributed by atoms with Gasteiger partial charge in [-0.15, -0.1) is 10.2 Å². The molecule has 24 heavy (non-hydrogen) atoms. The molecule has 0 fully saturated rings. The van der Waals surface area contributed by atoms with Crippen molar-refractivity contribution in [2.75, 3.05) is 0 Å². The van der Waals surface area contributed by atoms with Crippen molar-refractivity contribution in [1.82, 2.24) is 30.0 Å². The lowest BCUT2D eigenvalue weighted by Crippen LogP contribution is -2.22. The number of aromatic nitrogens is 6. The maximum absolute atomic E-state index is 12.6. The average Bonchev–Trinajstić information content (AvgIpc) is 3.29. The van der Waals surface area contributed by atoms with Crippen LogP contribution in [0.2, 0.25) is 0 Å². The first-order valence-electron chi connectivity index (χ1n) is 8.22. The molecule has 0 N–H and O–H groups in total. The standard InChI is InChI=1S/C17H20N6O/c1-2-3-4-8-11-15-16(14-9-6-5-7-10-14)23(21-19-15)17(24)22-13-12-18-20-22/h5-7,9-10,12-13H,2-4,8,11H2,1H3. The van der Waals surface area contributed by atoms with Crippen molar-refractivity contribution in [3.05, 3.63) is 48.4 Å². The highest BCUT2D eigenvalue weighted by atomic mass is 16.2. The first-order chi connectivity index (χ1) is 11.8. The van der Waals surface area contributed by atoms with Gasteiger partial charge in [0.25, 0.3) is 0 Å². The SMILES string of the molecule is CCCCCCc1nnn(C(=O)n2ccnn2)c1-c1ccccc1. The van der Waals surface area contributed by atoms with E-state index in [1.165, 1.54) is 29.9 Å². The molecule has 0 spiro atoms.